The number of nitrogens with zero attached hydrogens (tertiary/aromatic N) is 2. The summed E-state index contributed by atoms with van der Waals surface area (Å²) in [6.07, 6.45) is 3.30. The lowest BCUT2D eigenvalue weighted by molar-refractivity contribution is 0.994. The van der Waals surface area contributed by atoms with Gasteiger partial charge in [-0.25, -0.2) is 4.09 Å². The van der Waals surface area contributed by atoms with E-state index >= 15 is 0 Å². The fourth-order valence-corrected chi connectivity index (χ4v) is 1.70. The summed E-state index contributed by atoms with van der Waals surface area (Å²) in [5, 5.41) is 3.88. The van der Waals surface area contributed by atoms with E-state index in [0.717, 1.165) is 11.9 Å². The molecule has 0 aromatic carbocycles. The topological polar surface area (TPSA) is 17.8 Å². The maximum atomic E-state index is 5.77. The minimum absolute atomic E-state index is 0.880. The first kappa shape index (κ1) is 10.8. The quantitative estimate of drug-likeness (QED) is 0.781. The molecule has 1 aromatic heterocycles. The number of hydrogen-bond donors (Lipinski definition) is 0. The molecule has 0 fully saturated rings. The average molecular weight is 266 g/mol. The van der Waals surface area contributed by atoms with Crippen molar-refractivity contribution in [3.05, 3.63) is 18.5 Å². The molecular weight excluding hydrogens is 262 g/mol. The monoisotopic (exact) mass is 264 g/mol. The van der Waals surface area contributed by atoms with Gasteiger partial charge in [-0.2, -0.15) is 5.10 Å². The van der Waals surface area contributed by atoms with E-state index in [0.29, 0.717) is 0 Å². The predicted octanol–water partition coefficient (Wildman–Crippen LogP) is 3.31. The average Bonchev–Trinajstić information content (AvgIpc) is 2.38. The van der Waals surface area contributed by atoms with E-state index in [1.807, 2.05) is 0 Å². The number of halogens is 4. The van der Waals surface area contributed by atoms with Gasteiger partial charge in [0.15, 0.2) is 4.84 Å². The van der Waals surface area contributed by atoms with Crippen molar-refractivity contribution in [2.75, 3.05) is 0 Å². The van der Waals surface area contributed by atoms with Crippen molar-refractivity contribution >= 4 is 58.4 Å². The smallest absolute Gasteiger partial charge is 0.211 e. The third-order valence-corrected chi connectivity index (χ3v) is 4.04. The molecule has 1 aromatic rings. The van der Waals surface area contributed by atoms with Crippen LogP contribution in [0, 0.1) is 0 Å². The maximum Gasteiger partial charge on any atom is 0.213 e. The molecule has 0 N–H and O–H groups in total. The Morgan fingerprint density at radius 1 is 1.42 bits per heavy atom. The van der Waals surface area contributed by atoms with Crippen LogP contribution >= 0.6 is 58.4 Å². The van der Waals surface area contributed by atoms with Crippen molar-refractivity contribution < 1.29 is 0 Å². The molecule has 1 rings (SSSR count). The Balaban J connectivity index is 2.62. The van der Waals surface area contributed by atoms with Crippen LogP contribution < -0.4 is 0 Å². The van der Waals surface area contributed by atoms with Crippen LogP contribution in [0.4, 0.5) is 0 Å². The number of alkyl halides is 4. The molecule has 7 heteroatoms. The summed E-state index contributed by atoms with van der Waals surface area (Å²) in [7, 11) is 0. The predicted molar refractivity (Wildman–Crippen MR) is 55.1 cm³/mol. The van der Waals surface area contributed by atoms with Crippen molar-refractivity contribution in [2.45, 2.75) is 8.50 Å². The van der Waals surface area contributed by atoms with E-state index < -0.39 is 8.50 Å². The molecule has 0 amide bonds. The zero-order valence-electron chi connectivity index (χ0n) is 5.62. The maximum absolute atomic E-state index is 5.77. The van der Waals surface area contributed by atoms with Gasteiger partial charge >= 0.3 is 0 Å². The van der Waals surface area contributed by atoms with Crippen molar-refractivity contribution in [1.82, 2.24) is 9.19 Å². The van der Waals surface area contributed by atoms with Crippen LogP contribution in [0.1, 0.15) is 0 Å². The van der Waals surface area contributed by atoms with Crippen LogP contribution in [-0.4, -0.2) is 17.7 Å². The van der Waals surface area contributed by atoms with E-state index in [1.54, 1.807) is 18.5 Å². The molecule has 2 nitrogen and oxygen atoms in total. The summed E-state index contributed by atoms with van der Waals surface area (Å²) in [6, 6.07) is 1.74. The van der Waals surface area contributed by atoms with Crippen molar-refractivity contribution in [3.8, 4) is 0 Å². The molecule has 0 atom stereocenters. The summed E-state index contributed by atoms with van der Waals surface area (Å²) < 4.78 is 0.201. The molecule has 0 aliphatic heterocycles. The Bertz CT molecular complexity index is 236. The number of aromatic nitrogens is 2. The lowest BCUT2D eigenvalue weighted by Crippen LogP contribution is -2.19. The zero-order valence-corrected chi connectivity index (χ0v) is 9.46. The van der Waals surface area contributed by atoms with Gasteiger partial charge in [0.25, 0.3) is 0 Å². The Hall–Kier alpha value is 0.720. The van der Waals surface area contributed by atoms with Crippen LogP contribution in [0.2, 0.25) is 0 Å². The lowest BCUT2D eigenvalue weighted by Gasteiger charge is -2.18. The minimum Gasteiger partial charge on any atom is -0.211 e. The van der Waals surface area contributed by atoms with Crippen LogP contribution in [0.3, 0.4) is 0 Å². The molecular formula is C5H4Cl4N2S. The van der Waals surface area contributed by atoms with Crippen LogP contribution in [0.15, 0.2) is 18.5 Å². The normalized spacial score (nSPS) is 12.4. The Morgan fingerprint density at radius 3 is 2.50 bits per heavy atom. The zero-order chi connectivity index (χ0) is 9.19. The molecule has 1 heterocycles. The second kappa shape index (κ2) is 4.29. The third-order valence-electron chi connectivity index (χ3n) is 0.949. The third kappa shape index (κ3) is 2.89. The van der Waals surface area contributed by atoms with Gasteiger partial charge in [0.1, 0.15) is 0 Å². The number of rotatable bonds is 3. The van der Waals surface area contributed by atoms with Crippen molar-refractivity contribution in [1.29, 1.82) is 0 Å². The van der Waals surface area contributed by atoms with Crippen LogP contribution in [0.5, 0.6) is 0 Å². The SMILES string of the molecule is ClC(Cl)C(Cl)(Cl)Sn1cccn1. The molecule has 12 heavy (non-hydrogen) atoms. The van der Waals surface area contributed by atoms with Crippen LogP contribution in [0.25, 0.3) is 0 Å². The van der Waals surface area contributed by atoms with Gasteiger partial charge in [0.05, 0.1) is 0 Å². The van der Waals surface area contributed by atoms with E-state index in [9.17, 15) is 0 Å². The molecule has 0 radical (unpaired) electrons. The Labute approximate surface area is 94.2 Å². The summed E-state index contributed by atoms with van der Waals surface area (Å²) in [5.74, 6) is 0. The molecule has 0 aliphatic carbocycles. The van der Waals surface area contributed by atoms with Gasteiger partial charge in [0, 0.05) is 24.3 Å². The summed E-state index contributed by atoms with van der Waals surface area (Å²) in [6.45, 7) is 0. The highest BCUT2D eigenvalue weighted by Gasteiger charge is 2.34. The fraction of sp³-hybridized carbons (Fsp3) is 0.400. The second-order valence-electron chi connectivity index (χ2n) is 1.86. The second-order valence-corrected chi connectivity index (χ2v) is 5.99. The first-order valence-electron chi connectivity index (χ1n) is 2.87. The first-order valence-corrected chi connectivity index (χ1v) is 5.28. The van der Waals surface area contributed by atoms with Gasteiger partial charge in [-0.3, -0.25) is 0 Å². The fourth-order valence-electron chi connectivity index (χ4n) is 0.473. The summed E-state index contributed by atoms with van der Waals surface area (Å²) in [5.41, 5.74) is 0. The molecule has 68 valence electrons. The highest BCUT2D eigenvalue weighted by Crippen LogP contribution is 2.42. The Kier molecular flexibility index (Phi) is 3.86. The molecule has 0 saturated heterocycles. The van der Waals surface area contributed by atoms with E-state index in [1.165, 1.54) is 4.09 Å². The standard InChI is InChI=1S/C5H4Cl4N2S/c6-4(7)5(8,9)12-11-3-1-2-10-11/h1-4H. The Morgan fingerprint density at radius 2 is 2.08 bits per heavy atom. The van der Waals surface area contributed by atoms with Gasteiger partial charge in [0.2, 0.25) is 3.67 Å². The van der Waals surface area contributed by atoms with Crippen molar-refractivity contribution in [2.24, 2.45) is 0 Å². The van der Waals surface area contributed by atoms with Gasteiger partial charge in [-0.1, -0.05) is 23.2 Å². The molecule has 0 spiro atoms. The van der Waals surface area contributed by atoms with E-state index in [2.05, 4.69) is 5.10 Å². The van der Waals surface area contributed by atoms with Gasteiger partial charge in [-0.05, 0) is 6.07 Å². The molecule has 0 aliphatic rings. The van der Waals surface area contributed by atoms with E-state index in [4.69, 9.17) is 46.4 Å². The molecule has 0 bridgehead atoms. The van der Waals surface area contributed by atoms with E-state index in [-0.39, 0.29) is 0 Å². The number of hydrogen-bond acceptors (Lipinski definition) is 2. The lowest BCUT2D eigenvalue weighted by atomic mass is 10.8. The highest BCUT2D eigenvalue weighted by atomic mass is 35.5. The first-order chi connectivity index (χ1) is 5.52. The minimum atomic E-state index is -1.28. The van der Waals surface area contributed by atoms with Gasteiger partial charge < -0.3 is 0 Å². The summed E-state index contributed by atoms with van der Waals surface area (Å²) in [4.78, 5) is -0.880. The largest absolute Gasteiger partial charge is 0.213 e. The van der Waals surface area contributed by atoms with Crippen LogP contribution in [-0.2, 0) is 0 Å². The molecule has 0 saturated carbocycles. The summed E-state index contributed by atoms with van der Waals surface area (Å²) >= 11 is 23.6. The van der Waals surface area contributed by atoms with Crippen molar-refractivity contribution in [3.63, 3.8) is 0 Å². The molecule has 0 unspecified atom stereocenters. The highest BCUT2D eigenvalue weighted by molar-refractivity contribution is 8.01. The van der Waals surface area contributed by atoms with Gasteiger partial charge in [-0.15, -0.1) is 23.2 Å².